The van der Waals surface area contributed by atoms with Crippen LogP contribution in [-0.2, 0) is 30.6 Å². The first-order valence-corrected chi connectivity index (χ1v) is 18.4. The molecule has 258 valence electrons. The molecule has 17 heteroatoms. The highest BCUT2D eigenvalue weighted by molar-refractivity contribution is 8.09. The maximum absolute atomic E-state index is 16.5. The molecule has 6 rings (SSSR count). The fourth-order valence-corrected chi connectivity index (χ4v) is 8.97. The van der Waals surface area contributed by atoms with Crippen LogP contribution in [-0.4, -0.2) is 86.7 Å². The second-order valence-corrected chi connectivity index (χ2v) is 16.8. The Bertz CT molecular complexity index is 1920. The molecule has 0 radical (unpaired) electrons. The molecule has 0 amide bonds. The number of carbonyl (C=O) groups is 1. The van der Waals surface area contributed by atoms with Gasteiger partial charge in [0.2, 0.25) is 5.95 Å². The van der Waals surface area contributed by atoms with E-state index in [1.165, 1.54) is 10.9 Å². The maximum atomic E-state index is 16.5. The molecule has 13 nitrogen and oxygen atoms in total. The van der Waals surface area contributed by atoms with Crippen LogP contribution in [0.5, 0.6) is 5.75 Å². The van der Waals surface area contributed by atoms with Gasteiger partial charge < -0.3 is 29.7 Å². The highest BCUT2D eigenvalue weighted by atomic mass is 35.5. The van der Waals surface area contributed by atoms with Gasteiger partial charge in [-0.2, -0.15) is 9.97 Å². The summed E-state index contributed by atoms with van der Waals surface area (Å²) in [7, 11) is 3.52. The molecule has 7 atom stereocenters. The molecule has 2 aliphatic rings. The Kier molecular flexibility index (Phi) is 8.89. The normalized spacial score (nSPS) is 27.0. The topological polar surface area (TPSA) is 159 Å². The number of rotatable bonds is 11. The van der Waals surface area contributed by atoms with E-state index in [0.29, 0.717) is 17.1 Å². The molecule has 0 bridgehead atoms. The minimum absolute atomic E-state index is 0.0500. The number of nitrogens with two attached hydrogens (primary N) is 1. The average Bonchev–Trinajstić information content (AvgIpc) is 3.25. The van der Waals surface area contributed by atoms with E-state index in [4.69, 9.17) is 47.7 Å². The molecule has 1 saturated carbocycles. The number of carbonyl (C=O) groups excluding carboxylic acids is 1. The minimum Gasteiger partial charge on any atom is -0.464 e. The third-order valence-electron chi connectivity index (χ3n) is 8.30. The van der Waals surface area contributed by atoms with E-state index in [1.54, 1.807) is 38.1 Å². The third kappa shape index (κ3) is 5.89. The largest absolute Gasteiger partial charge is 0.464 e. The molecule has 2 aromatic carbocycles. The van der Waals surface area contributed by atoms with Gasteiger partial charge >= 0.3 is 12.6 Å². The van der Waals surface area contributed by atoms with Gasteiger partial charge in [-0.15, -0.1) is 11.6 Å². The number of nitrogens with zero attached hydrogens (tertiary/aromatic N) is 5. The first kappa shape index (κ1) is 34.7. The van der Waals surface area contributed by atoms with Gasteiger partial charge in [-0.3, -0.25) is 13.9 Å². The average molecular weight is 722 g/mol. The number of halogens is 2. The number of alkyl halides is 2. The van der Waals surface area contributed by atoms with Crippen LogP contribution in [0.4, 0.5) is 16.2 Å². The van der Waals surface area contributed by atoms with Crippen LogP contribution in [0.3, 0.4) is 0 Å². The van der Waals surface area contributed by atoms with Gasteiger partial charge in [0.1, 0.15) is 23.5 Å². The van der Waals surface area contributed by atoms with Crippen molar-refractivity contribution in [3.8, 4) is 5.75 Å². The monoisotopic (exact) mass is 721 g/mol. The number of ether oxygens (including phenoxy) is 2. The first-order chi connectivity index (χ1) is 22.5. The number of hydrogen-bond donors (Lipinski definition) is 3. The van der Waals surface area contributed by atoms with Crippen molar-refractivity contribution in [1.29, 1.82) is 0 Å². The first-order valence-electron chi connectivity index (χ1n) is 15.2. The highest BCUT2D eigenvalue weighted by Gasteiger charge is 2.89. The number of nitrogens with one attached hydrogen (secondary N) is 1. The van der Waals surface area contributed by atoms with E-state index < -0.39 is 48.4 Å². The lowest BCUT2D eigenvalue weighted by molar-refractivity contribution is -0.148. The summed E-state index contributed by atoms with van der Waals surface area (Å²) in [5, 5.41) is 16.5. The Morgan fingerprint density at radius 3 is 2.65 bits per heavy atom. The highest BCUT2D eigenvalue weighted by Crippen LogP contribution is 2.69. The van der Waals surface area contributed by atoms with Crippen LogP contribution in [0.15, 0.2) is 48.8 Å². The molecule has 1 aliphatic heterocycles. The lowest BCUT2D eigenvalue weighted by Crippen LogP contribution is -2.38. The molecular weight excluding hydrogens is 684 g/mol. The van der Waals surface area contributed by atoms with Crippen molar-refractivity contribution in [2.24, 2.45) is 5.41 Å². The van der Waals surface area contributed by atoms with Crippen LogP contribution in [0.1, 0.15) is 33.9 Å². The van der Waals surface area contributed by atoms with Crippen molar-refractivity contribution < 1.29 is 32.8 Å². The zero-order valence-electron chi connectivity index (χ0n) is 27.3. The molecular formula is C31H38ClFN7O6PS. The van der Waals surface area contributed by atoms with Crippen molar-refractivity contribution in [3.05, 3.63) is 48.8 Å². The minimum atomic E-state index is -3.78. The molecule has 2 aromatic heterocycles. The maximum Gasteiger partial charge on any atom is 0.323 e. The van der Waals surface area contributed by atoms with E-state index in [9.17, 15) is 9.90 Å². The summed E-state index contributed by atoms with van der Waals surface area (Å²) < 4.78 is 42.3. The number of hydrogen-bond acceptors (Lipinski definition) is 12. The molecule has 4 aromatic rings. The van der Waals surface area contributed by atoms with Crippen molar-refractivity contribution in [3.63, 3.8) is 0 Å². The van der Waals surface area contributed by atoms with Crippen molar-refractivity contribution in [1.82, 2.24) is 24.6 Å². The third-order valence-corrected chi connectivity index (χ3v) is 11.1. The van der Waals surface area contributed by atoms with Gasteiger partial charge in [0.15, 0.2) is 35.0 Å². The summed E-state index contributed by atoms with van der Waals surface area (Å²) in [5.74, 6) is -0.201. The summed E-state index contributed by atoms with van der Waals surface area (Å²) in [6, 6.07) is 11.9. The van der Waals surface area contributed by atoms with E-state index in [0.717, 1.165) is 10.8 Å². The number of anilines is 2. The Hall–Kier alpha value is -3.17. The predicted octanol–water partition coefficient (Wildman–Crippen LogP) is 4.47. The summed E-state index contributed by atoms with van der Waals surface area (Å²) in [4.78, 5) is 27.6. The van der Waals surface area contributed by atoms with Gasteiger partial charge in [0.25, 0.3) is 0 Å². The molecule has 4 N–H and O–H groups in total. The Balaban J connectivity index is 1.31. The Labute approximate surface area is 287 Å². The fourth-order valence-electron chi connectivity index (χ4n) is 5.82. The van der Waals surface area contributed by atoms with Crippen LogP contribution >= 0.6 is 18.2 Å². The molecule has 1 aliphatic carbocycles. The number of aromatic nitrogens is 4. The van der Waals surface area contributed by atoms with E-state index >= 15 is 4.39 Å². The zero-order valence-corrected chi connectivity index (χ0v) is 29.7. The molecule has 1 saturated heterocycles. The van der Waals surface area contributed by atoms with Gasteiger partial charge in [0.05, 0.1) is 18.8 Å². The second kappa shape index (κ2) is 12.3. The summed E-state index contributed by atoms with van der Waals surface area (Å²) in [6.07, 6.45) is -3.49. The van der Waals surface area contributed by atoms with Gasteiger partial charge in [-0.1, -0.05) is 57.2 Å². The number of imidazole rings is 1. The Morgan fingerprint density at radius 1 is 1.27 bits per heavy atom. The van der Waals surface area contributed by atoms with E-state index in [1.807, 2.05) is 51.1 Å². The van der Waals surface area contributed by atoms with Gasteiger partial charge in [-0.25, -0.2) is 14.5 Å². The summed E-state index contributed by atoms with van der Waals surface area (Å²) >= 11 is 12.4. The van der Waals surface area contributed by atoms with E-state index in [2.05, 4.69) is 20.0 Å². The van der Waals surface area contributed by atoms with Crippen molar-refractivity contribution >= 4 is 69.7 Å². The van der Waals surface area contributed by atoms with Crippen molar-refractivity contribution in [2.45, 2.75) is 63.4 Å². The van der Waals surface area contributed by atoms with Crippen LogP contribution < -0.4 is 20.2 Å². The lowest BCUT2D eigenvalue weighted by atomic mass is 9.99. The predicted molar refractivity (Wildman–Crippen MR) is 184 cm³/mol. The van der Waals surface area contributed by atoms with Crippen LogP contribution in [0.25, 0.3) is 21.9 Å². The second-order valence-electron chi connectivity index (χ2n) is 13.5. The number of nitrogen functional groups attached to an aromatic ring is 1. The zero-order chi connectivity index (χ0) is 34.8. The molecule has 0 spiro atoms. The van der Waals surface area contributed by atoms with Gasteiger partial charge in [-0.05, 0) is 35.6 Å². The van der Waals surface area contributed by atoms with Crippen LogP contribution in [0.2, 0.25) is 0 Å². The quantitative estimate of drug-likeness (QED) is 0.113. The van der Waals surface area contributed by atoms with Crippen LogP contribution in [0, 0.1) is 5.41 Å². The molecule has 2 fully saturated rings. The number of benzene rings is 2. The molecule has 2 unspecified atom stereocenters. The van der Waals surface area contributed by atoms with Crippen molar-refractivity contribution in [2.75, 3.05) is 37.2 Å². The number of esters is 1. The summed E-state index contributed by atoms with van der Waals surface area (Å²) in [5.41, 5.74) is 2.27. The number of aliphatic hydroxyl groups is 1. The molecule has 3 heterocycles. The molecule has 48 heavy (non-hydrogen) atoms. The smallest absolute Gasteiger partial charge is 0.323 e. The van der Waals surface area contributed by atoms with Gasteiger partial charge in [0, 0.05) is 19.5 Å². The Morgan fingerprint density at radius 2 is 1.98 bits per heavy atom. The fraction of sp³-hybridized carbons (Fsp3) is 0.484. The lowest BCUT2D eigenvalue weighted by Gasteiger charge is -2.30. The SMILES string of the molecule is C[C@@H](NP(=S)(Oc1cccc2ccccc12)OC1[C@@]2(CCl)O[C@@H](n3cnc4c(N(C)C)nc(N)nc43)[C@@H](F)[C@@]12O)C(=O)OCC(C)(C)C. The standard InChI is InChI=1S/C31H38ClFN7O6PS/c1-17(26(41)43-15-29(2,3)4)38-47(48,45-20-13-9-11-18-10-7-8-12-19(18)20)46-27-30(14-32)31(27,42)22(33)25(44-30)40-16-35-21-23(39(5)6)36-28(34)37-24(21)40/h7-13,16-17,22,25,27,42H,14-15H2,1-6H3,(H,38,48)(H2,34,36,37)/t17-,22-,25-,27?,30-,31-,47?/m1/s1. The van der Waals surface area contributed by atoms with E-state index in [-0.39, 0.29) is 29.5 Å². The summed E-state index contributed by atoms with van der Waals surface area (Å²) in [6.45, 7) is 3.75. The number of fused-ring (bicyclic) bond motifs is 3.